The van der Waals surface area contributed by atoms with Gasteiger partial charge in [-0.3, -0.25) is 0 Å². The van der Waals surface area contributed by atoms with Crippen LogP contribution in [0.5, 0.6) is 5.75 Å². The van der Waals surface area contributed by atoms with Crippen LogP contribution in [-0.2, 0) is 0 Å². The number of nitrogens with two attached hydrogens (primary N) is 1. The second kappa shape index (κ2) is 6.30. The Kier molecular flexibility index (Phi) is 4.67. The molecule has 3 nitrogen and oxygen atoms in total. The second-order valence-electron chi connectivity index (χ2n) is 4.51. The van der Waals surface area contributed by atoms with Gasteiger partial charge in [-0.1, -0.05) is 0 Å². The molecule has 0 saturated carbocycles. The lowest BCUT2D eigenvalue weighted by Crippen LogP contribution is -2.02. The number of hydrogen-bond acceptors (Lipinski definition) is 3. The molecule has 112 valence electrons. The zero-order valence-electron chi connectivity index (χ0n) is 11.6. The maximum Gasteiger partial charge on any atom is 0.167 e. The van der Waals surface area contributed by atoms with Crippen molar-refractivity contribution in [2.24, 2.45) is 0 Å². The van der Waals surface area contributed by atoms with Crippen LogP contribution >= 0.6 is 15.9 Å². The first-order valence-electron chi connectivity index (χ1n) is 6.36. The van der Waals surface area contributed by atoms with Gasteiger partial charge in [0, 0.05) is 17.8 Å². The molecule has 0 saturated heterocycles. The Bertz CT molecular complexity index is 677. The highest BCUT2D eigenvalue weighted by Crippen LogP contribution is 2.33. The summed E-state index contributed by atoms with van der Waals surface area (Å²) in [7, 11) is 0. The molecule has 0 amide bonds. The van der Waals surface area contributed by atoms with E-state index in [1.807, 2.05) is 0 Å². The SMILES string of the molecule is CCOc1cc(Nc2cc(Br)c(F)cc2C)c(N)cc1F. The van der Waals surface area contributed by atoms with Crippen molar-refractivity contribution >= 4 is 33.0 Å². The third kappa shape index (κ3) is 3.44. The zero-order chi connectivity index (χ0) is 15.6. The summed E-state index contributed by atoms with van der Waals surface area (Å²) in [6.07, 6.45) is 0. The Hall–Kier alpha value is -1.82. The van der Waals surface area contributed by atoms with Gasteiger partial charge in [0.2, 0.25) is 0 Å². The number of nitrogens with one attached hydrogen (secondary N) is 1. The number of nitrogen functional groups attached to an aromatic ring is 1. The molecule has 2 rings (SSSR count). The summed E-state index contributed by atoms with van der Waals surface area (Å²) in [5.74, 6) is -0.745. The lowest BCUT2D eigenvalue weighted by atomic mass is 10.1. The fourth-order valence-corrected chi connectivity index (χ4v) is 2.21. The molecule has 0 atom stereocenters. The first-order valence-corrected chi connectivity index (χ1v) is 7.16. The van der Waals surface area contributed by atoms with E-state index in [2.05, 4.69) is 21.2 Å². The van der Waals surface area contributed by atoms with Crippen LogP contribution in [0.2, 0.25) is 0 Å². The van der Waals surface area contributed by atoms with E-state index in [1.54, 1.807) is 19.9 Å². The van der Waals surface area contributed by atoms with Crippen molar-refractivity contribution in [3.05, 3.63) is 45.9 Å². The number of benzene rings is 2. The van der Waals surface area contributed by atoms with Crippen molar-refractivity contribution in [1.82, 2.24) is 0 Å². The Balaban J connectivity index is 2.39. The summed E-state index contributed by atoms with van der Waals surface area (Å²) in [4.78, 5) is 0. The van der Waals surface area contributed by atoms with E-state index >= 15 is 0 Å². The molecule has 0 aliphatic carbocycles. The maximum absolute atomic E-state index is 13.7. The molecule has 0 aliphatic heterocycles. The fraction of sp³-hybridized carbons (Fsp3) is 0.200. The van der Waals surface area contributed by atoms with Crippen LogP contribution in [0.1, 0.15) is 12.5 Å². The lowest BCUT2D eigenvalue weighted by molar-refractivity contribution is 0.322. The largest absolute Gasteiger partial charge is 0.491 e. The Labute approximate surface area is 130 Å². The fourth-order valence-electron chi connectivity index (χ4n) is 1.87. The average Bonchev–Trinajstić information content (AvgIpc) is 2.41. The summed E-state index contributed by atoms with van der Waals surface area (Å²) in [6.45, 7) is 3.88. The summed E-state index contributed by atoms with van der Waals surface area (Å²) < 4.78 is 32.6. The van der Waals surface area contributed by atoms with E-state index < -0.39 is 5.82 Å². The molecule has 0 unspecified atom stereocenters. The van der Waals surface area contributed by atoms with E-state index in [4.69, 9.17) is 10.5 Å². The van der Waals surface area contributed by atoms with Gasteiger partial charge < -0.3 is 15.8 Å². The van der Waals surface area contributed by atoms with Crippen LogP contribution in [-0.4, -0.2) is 6.61 Å². The molecule has 0 aromatic heterocycles. The van der Waals surface area contributed by atoms with E-state index in [9.17, 15) is 8.78 Å². The van der Waals surface area contributed by atoms with Crippen LogP contribution in [0.3, 0.4) is 0 Å². The highest BCUT2D eigenvalue weighted by Gasteiger charge is 2.11. The van der Waals surface area contributed by atoms with Gasteiger partial charge in [0.1, 0.15) is 5.82 Å². The van der Waals surface area contributed by atoms with Crippen molar-refractivity contribution in [1.29, 1.82) is 0 Å². The normalized spacial score (nSPS) is 10.5. The molecule has 0 bridgehead atoms. The molecule has 0 radical (unpaired) electrons. The van der Waals surface area contributed by atoms with Crippen molar-refractivity contribution in [3.63, 3.8) is 0 Å². The van der Waals surface area contributed by atoms with Crippen molar-refractivity contribution < 1.29 is 13.5 Å². The van der Waals surface area contributed by atoms with Crippen LogP contribution in [0, 0.1) is 18.6 Å². The van der Waals surface area contributed by atoms with Gasteiger partial charge in [-0.2, -0.15) is 0 Å². The molecule has 2 aromatic rings. The van der Waals surface area contributed by atoms with Crippen LogP contribution in [0.25, 0.3) is 0 Å². The van der Waals surface area contributed by atoms with Crippen molar-refractivity contribution in [2.45, 2.75) is 13.8 Å². The van der Waals surface area contributed by atoms with Gasteiger partial charge >= 0.3 is 0 Å². The van der Waals surface area contributed by atoms with Crippen LogP contribution < -0.4 is 15.8 Å². The summed E-state index contributed by atoms with van der Waals surface area (Å²) in [6, 6.07) is 5.69. The van der Waals surface area contributed by atoms with Crippen molar-refractivity contribution in [2.75, 3.05) is 17.7 Å². The quantitative estimate of drug-likeness (QED) is 0.776. The minimum Gasteiger partial charge on any atom is -0.491 e. The molecule has 3 N–H and O–H groups in total. The Morgan fingerprint density at radius 3 is 2.52 bits per heavy atom. The topological polar surface area (TPSA) is 47.3 Å². The third-order valence-electron chi connectivity index (χ3n) is 2.94. The first kappa shape index (κ1) is 15.6. The van der Waals surface area contributed by atoms with Gasteiger partial charge in [0.15, 0.2) is 11.6 Å². The van der Waals surface area contributed by atoms with Crippen LogP contribution in [0.15, 0.2) is 28.7 Å². The van der Waals surface area contributed by atoms with Gasteiger partial charge in [-0.15, -0.1) is 0 Å². The minimum absolute atomic E-state index is 0.119. The monoisotopic (exact) mass is 356 g/mol. The number of aryl methyl sites for hydroxylation is 1. The predicted octanol–water partition coefficient (Wildman–Crippen LogP) is 4.76. The molecular weight excluding hydrogens is 342 g/mol. The number of ether oxygens (including phenoxy) is 1. The highest BCUT2D eigenvalue weighted by molar-refractivity contribution is 9.10. The molecule has 0 aliphatic rings. The van der Waals surface area contributed by atoms with E-state index in [0.29, 0.717) is 28.0 Å². The van der Waals surface area contributed by atoms with Gasteiger partial charge in [-0.05, 0) is 47.5 Å². The second-order valence-corrected chi connectivity index (χ2v) is 5.36. The van der Waals surface area contributed by atoms with Gasteiger partial charge in [-0.25, -0.2) is 8.78 Å². The molecule has 0 heterocycles. The Morgan fingerprint density at radius 1 is 1.14 bits per heavy atom. The van der Waals surface area contributed by atoms with E-state index in [0.717, 1.165) is 0 Å². The molecular formula is C15H15BrF2N2O. The summed E-state index contributed by atoms with van der Waals surface area (Å²) in [5, 5.41) is 3.07. The standard InChI is InChI=1S/C15H15BrF2N2O/c1-3-21-15-7-14(12(19)6-11(15)18)20-13-5-9(16)10(17)4-8(13)2/h4-7,20H,3,19H2,1-2H3. The third-order valence-corrected chi connectivity index (χ3v) is 3.55. The number of anilines is 3. The van der Waals surface area contributed by atoms with Gasteiger partial charge in [0.05, 0.1) is 22.5 Å². The average molecular weight is 357 g/mol. The zero-order valence-corrected chi connectivity index (χ0v) is 13.2. The molecule has 0 spiro atoms. The van der Waals surface area contributed by atoms with Crippen LogP contribution in [0.4, 0.5) is 25.8 Å². The number of hydrogen-bond donors (Lipinski definition) is 2. The molecule has 0 fully saturated rings. The van der Waals surface area contributed by atoms with Gasteiger partial charge in [0.25, 0.3) is 0 Å². The predicted molar refractivity (Wildman–Crippen MR) is 84.1 cm³/mol. The number of halogens is 3. The molecule has 2 aromatic carbocycles. The summed E-state index contributed by atoms with van der Waals surface area (Å²) in [5.41, 5.74) is 7.93. The Morgan fingerprint density at radius 2 is 1.86 bits per heavy atom. The molecule has 21 heavy (non-hydrogen) atoms. The van der Waals surface area contributed by atoms with E-state index in [-0.39, 0.29) is 17.3 Å². The van der Waals surface area contributed by atoms with E-state index in [1.165, 1.54) is 18.2 Å². The van der Waals surface area contributed by atoms with Crippen molar-refractivity contribution in [3.8, 4) is 5.75 Å². The maximum atomic E-state index is 13.7. The molecule has 6 heteroatoms. The summed E-state index contributed by atoms with van der Waals surface area (Å²) >= 11 is 3.13. The lowest BCUT2D eigenvalue weighted by Gasteiger charge is -2.15. The minimum atomic E-state index is -0.517. The number of rotatable bonds is 4. The first-order chi connectivity index (χ1) is 9.92. The smallest absolute Gasteiger partial charge is 0.167 e. The highest BCUT2D eigenvalue weighted by atomic mass is 79.9.